The molecule has 0 aliphatic rings. The first-order chi connectivity index (χ1) is 6.63. The van der Waals surface area contributed by atoms with Crippen LogP contribution in [-0.2, 0) is 11.2 Å². The van der Waals surface area contributed by atoms with Gasteiger partial charge in [0.15, 0.2) is 0 Å². The molecule has 5 heteroatoms. The van der Waals surface area contributed by atoms with Gasteiger partial charge < -0.3 is 10.8 Å². The van der Waals surface area contributed by atoms with Gasteiger partial charge in [-0.1, -0.05) is 0 Å². The van der Waals surface area contributed by atoms with E-state index in [1.54, 1.807) is 19.2 Å². The highest BCUT2D eigenvalue weighted by Gasteiger charge is 2.16. The van der Waals surface area contributed by atoms with Crippen LogP contribution in [0.2, 0.25) is 0 Å². The molecule has 1 rings (SSSR count). The lowest BCUT2D eigenvalue weighted by Gasteiger charge is -2.08. The summed E-state index contributed by atoms with van der Waals surface area (Å²) < 4.78 is 0. The summed E-state index contributed by atoms with van der Waals surface area (Å²) in [5.74, 6) is -0.809. The van der Waals surface area contributed by atoms with Crippen LogP contribution in [0.3, 0.4) is 0 Å². The van der Waals surface area contributed by atoms with Gasteiger partial charge in [0.2, 0.25) is 0 Å². The predicted octanol–water partition coefficient (Wildman–Crippen LogP) is -0.0130. The summed E-state index contributed by atoms with van der Waals surface area (Å²) in [6.07, 6.45) is 1.97. The fourth-order valence-electron chi connectivity index (χ4n) is 1.14. The molecule has 0 radical (unpaired) electrons. The molecule has 76 valence electrons. The van der Waals surface area contributed by atoms with Crippen LogP contribution >= 0.6 is 0 Å². The number of nitrogens with two attached hydrogens (primary N) is 1. The molecule has 1 unspecified atom stereocenters. The van der Waals surface area contributed by atoms with Crippen LogP contribution in [0.5, 0.6) is 0 Å². The summed E-state index contributed by atoms with van der Waals surface area (Å²) in [7, 11) is 0. The van der Waals surface area contributed by atoms with Crippen LogP contribution < -0.4 is 5.73 Å². The first-order valence-corrected chi connectivity index (χ1v) is 4.35. The van der Waals surface area contributed by atoms with Gasteiger partial charge in [-0.25, -0.2) is 9.97 Å². The number of aryl methyl sites for hydroxylation is 1. The topological polar surface area (TPSA) is 89.1 Å². The number of nitrogens with zero attached hydrogens (tertiary/aromatic N) is 2. The number of hydrogen-bond acceptors (Lipinski definition) is 4. The highest BCUT2D eigenvalue weighted by Crippen LogP contribution is 2.05. The minimum atomic E-state index is -0.885. The second kappa shape index (κ2) is 4.66. The molecule has 1 heterocycles. The molecule has 1 aromatic heterocycles. The van der Waals surface area contributed by atoms with Crippen LogP contribution in [-0.4, -0.2) is 27.6 Å². The number of aromatic nitrogens is 2. The van der Waals surface area contributed by atoms with E-state index < -0.39 is 11.9 Å². The van der Waals surface area contributed by atoms with E-state index in [2.05, 4.69) is 9.97 Å². The Morgan fingerprint density at radius 2 is 2.43 bits per heavy atom. The van der Waals surface area contributed by atoms with Gasteiger partial charge in [-0.3, -0.25) is 4.79 Å². The zero-order valence-electron chi connectivity index (χ0n) is 7.97. The van der Waals surface area contributed by atoms with Crippen molar-refractivity contribution in [2.45, 2.75) is 13.3 Å². The molecule has 0 fully saturated rings. The molecule has 3 N–H and O–H groups in total. The van der Waals surface area contributed by atoms with Crippen molar-refractivity contribution < 1.29 is 9.90 Å². The summed E-state index contributed by atoms with van der Waals surface area (Å²) in [5.41, 5.74) is 6.05. The lowest BCUT2D eigenvalue weighted by Crippen LogP contribution is -2.25. The normalized spacial score (nSPS) is 12.4. The Hall–Kier alpha value is -1.49. The number of hydrogen-bond donors (Lipinski definition) is 2. The number of aliphatic carboxylic acids is 1. The van der Waals surface area contributed by atoms with E-state index in [9.17, 15) is 4.79 Å². The zero-order valence-corrected chi connectivity index (χ0v) is 7.97. The third kappa shape index (κ3) is 2.77. The first kappa shape index (κ1) is 10.6. The maximum Gasteiger partial charge on any atom is 0.308 e. The van der Waals surface area contributed by atoms with E-state index in [4.69, 9.17) is 10.8 Å². The fourth-order valence-corrected chi connectivity index (χ4v) is 1.14. The van der Waals surface area contributed by atoms with Crippen molar-refractivity contribution in [1.29, 1.82) is 0 Å². The van der Waals surface area contributed by atoms with Crippen molar-refractivity contribution in [3.8, 4) is 0 Å². The number of carbonyl (C=O) groups is 1. The smallest absolute Gasteiger partial charge is 0.308 e. The molecule has 0 saturated carbocycles. The van der Waals surface area contributed by atoms with Gasteiger partial charge >= 0.3 is 5.97 Å². The fraction of sp³-hybridized carbons (Fsp3) is 0.444. The van der Waals surface area contributed by atoms with Crippen LogP contribution in [0.1, 0.15) is 11.5 Å². The maximum atomic E-state index is 10.7. The summed E-state index contributed by atoms with van der Waals surface area (Å²) in [6.45, 7) is 1.89. The lowest BCUT2D eigenvalue weighted by atomic mass is 10.0. The Bertz CT molecular complexity index is 328. The first-order valence-electron chi connectivity index (χ1n) is 4.35. The standard InChI is InChI=1S/C9H13N3O2/c1-6-11-3-2-8(12-6)4-7(5-10)9(13)14/h2-3,7H,4-5,10H2,1H3,(H,13,14). The molecular weight excluding hydrogens is 182 g/mol. The summed E-state index contributed by atoms with van der Waals surface area (Å²) in [5, 5.41) is 8.78. The van der Waals surface area contributed by atoms with E-state index in [1.165, 1.54) is 0 Å². The van der Waals surface area contributed by atoms with Gasteiger partial charge in [-0.05, 0) is 13.0 Å². The van der Waals surface area contributed by atoms with E-state index in [1.807, 2.05) is 0 Å². The SMILES string of the molecule is Cc1nccc(CC(CN)C(=O)O)n1. The largest absolute Gasteiger partial charge is 0.481 e. The van der Waals surface area contributed by atoms with Crippen LogP contribution in [0.15, 0.2) is 12.3 Å². The second-order valence-corrected chi connectivity index (χ2v) is 3.07. The van der Waals surface area contributed by atoms with Crippen molar-refractivity contribution in [1.82, 2.24) is 9.97 Å². The predicted molar refractivity (Wildman–Crippen MR) is 50.7 cm³/mol. The number of carboxylic acid groups (broad SMARTS) is 1. The average Bonchev–Trinajstić information content (AvgIpc) is 2.14. The number of rotatable bonds is 4. The quantitative estimate of drug-likeness (QED) is 0.705. The Balaban J connectivity index is 2.72. The third-order valence-electron chi connectivity index (χ3n) is 1.92. The highest BCUT2D eigenvalue weighted by molar-refractivity contribution is 5.70. The van der Waals surface area contributed by atoms with E-state index >= 15 is 0 Å². The lowest BCUT2D eigenvalue weighted by molar-refractivity contribution is -0.141. The van der Waals surface area contributed by atoms with Gasteiger partial charge in [0.05, 0.1) is 5.92 Å². The molecule has 5 nitrogen and oxygen atoms in total. The number of carboxylic acids is 1. The molecule has 0 aromatic carbocycles. The molecule has 0 aliphatic heterocycles. The van der Waals surface area contributed by atoms with E-state index in [0.29, 0.717) is 12.2 Å². The Morgan fingerprint density at radius 1 is 1.71 bits per heavy atom. The van der Waals surface area contributed by atoms with Crippen molar-refractivity contribution in [2.75, 3.05) is 6.54 Å². The van der Waals surface area contributed by atoms with Crippen LogP contribution in [0.4, 0.5) is 0 Å². The van der Waals surface area contributed by atoms with Crippen molar-refractivity contribution in [3.05, 3.63) is 23.8 Å². The van der Waals surface area contributed by atoms with Crippen molar-refractivity contribution >= 4 is 5.97 Å². The van der Waals surface area contributed by atoms with Gasteiger partial charge in [-0.15, -0.1) is 0 Å². The molecule has 0 bridgehead atoms. The minimum absolute atomic E-state index is 0.123. The average molecular weight is 195 g/mol. The highest BCUT2D eigenvalue weighted by atomic mass is 16.4. The van der Waals surface area contributed by atoms with E-state index in [0.717, 1.165) is 5.69 Å². The Labute approximate surface area is 82.0 Å². The zero-order chi connectivity index (χ0) is 10.6. The van der Waals surface area contributed by atoms with Gasteiger partial charge in [0.1, 0.15) is 5.82 Å². The van der Waals surface area contributed by atoms with Crippen LogP contribution in [0, 0.1) is 12.8 Å². The third-order valence-corrected chi connectivity index (χ3v) is 1.92. The molecule has 14 heavy (non-hydrogen) atoms. The molecule has 0 aliphatic carbocycles. The molecule has 1 aromatic rings. The summed E-state index contributed by atoms with van der Waals surface area (Å²) in [6, 6.07) is 1.71. The molecular formula is C9H13N3O2. The molecule has 1 atom stereocenters. The van der Waals surface area contributed by atoms with Crippen LogP contribution in [0.25, 0.3) is 0 Å². The molecule has 0 saturated heterocycles. The van der Waals surface area contributed by atoms with Crippen molar-refractivity contribution in [2.24, 2.45) is 11.7 Å². The molecule has 0 spiro atoms. The minimum Gasteiger partial charge on any atom is -0.481 e. The molecule has 0 amide bonds. The Morgan fingerprint density at radius 3 is 2.93 bits per heavy atom. The van der Waals surface area contributed by atoms with Gasteiger partial charge in [-0.2, -0.15) is 0 Å². The summed E-state index contributed by atoms with van der Waals surface area (Å²) >= 11 is 0. The van der Waals surface area contributed by atoms with Crippen molar-refractivity contribution in [3.63, 3.8) is 0 Å². The second-order valence-electron chi connectivity index (χ2n) is 3.07. The maximum absolute atomic E-state index is 10.7. The monoisotopic (exact) mass is 195 g/mol. The van der Waals surface area contributed by atoms with Gasteiger partial charge in [0, 0.05) is 24.9 Å². The summed E-state index contributed by atoms with van der Waals surface area (Å²) in [4.78, 5) is 18.7. The van der Waals surface area contributed by atoms with E-state index in [-0.39, 0.29) is 6.54 Å². The Kier molecular flexibility index (Phi) is 3.53. The van der Waals surface area contributed by atoms with Gasteiger partial charge in [0.25, 0.3) is 0 Å².